The lowest BCUT2D eigenvalue weighted by atomic mass is 10.1. The summed E-state index contributed by atoms with van der Waals surface area (Å²) in [5.41, 5.74) is 0.473. The van der Waals surface area contributed by atoms with E-state index in [2.05, 4.69) is 20.9 Å². The number of hydrogen-bond donors (Lipinski definition) is 0. The van der Waals surface area contributed by atoms with Gasteiger partial charge in [0.2, 0.25) is 0 Å². The van der Waals surface area contributed by atoms with Gasteiger partial charge in [0.05, 0.1) is 12.5 Å². The summed E-state index contributed by atoms with van der Waals surface area (Å²) in [5, 5.41) is 8.48. The molecule has 0 amide bonds. The van der Waals surface area contributed by atoms with E-state index < -0.39 is 6.43 Å². The summed E-state index contributed by atoms with van der Waals surface area (Å²) in [5.74, 6) is 0. The molecule has 1 aromatic rings. The molecule has 2 nitrogen and oxygen atoms in total. The summed E-state index contributed by atoms with van der Waals surface area (Å²) in [6.07, 6.45) is -2.71. The Labute approximate surface area is 88.7 Å². The fraction of sp³-hybridized carbons (Fsp3) is 0.333. The Bertz CT molecular complexity index is 385. The number of rotatable bonds is 2. The topological polar surface area (TPSA) is 36.7 Å². The van der Waals surface area contributed by atoms with Gasteiger partial charge in [-0.1, -0.05) is 15.9 Å². The van der Waals surface area contributed by atoms with E-state index in [1.807, 2.05) is 6.07 Å². The highest BCUT2D eigenvalue weighted by molar-refractivity contribution is 9.10. The van der Waals surface area contributed by atoms with Crippen molar-refractivity contribution in [2.75, 3.05) is 0 Å². The molecule has 0 N–H and O–H groups in total. The Morgan fingerprint density at radius 2 is 2.29 bits per heavy atom. The SMILES string of the molecule is Cc1cc(Br)c(CC#N)c(C(F)F)n1. The van der Waals surface area contributed by atoms with E-state index in [0.29, 0.717) is 10.2 Å². The van der Waals surface area contributed by atoms with Crippen molar-refractivity contribution >= 4 is 15.9 Å². The van der Waals surface area contributed by atoms with E-state index in [1.54, 1.807) is 13.0 Å². The highest BCUT2D eigenvalue weighted by Crippen LogP contribution is 2.27. The van der Waals surface area contributed by atoms with Crippen LogP contribution < -0.4 is 0 Å². The van der Waals surface area contributed by atoms with Gasteiger partial charge in [-0.3, -0.25) is 4.98 Å². The fourth-order valence-corrected chi connectivity index (χ4v) is 1.79. The van der Waals surface area contributed by atoms with Crippen LogP contribution in [0.2, 0.25) is 0 Å². The maximum atomic E-state index is 12.5. The molecule has 0 radical (unpaired) electrons. The third-order valence-electron chi connectivity index (χ3n) is 1.69. The zero-order valence-corrected chi connectivity index (χ0v) is 8.98. The lowest BCUT2D eigenvalue weighted by molar-refractivity contribution is 0.144. The molecule has 14 heavy (non-hydrogen) atoms. The summed E-state index contributed by atoms with van der Waals surface area (Å²) in [6.45, 7) is 1.63. The summed E-state index contributed by atoms with van der Waals surface area (Å²) in [6, 6.07) is 3.46. The van der Waals surface area contributed by atoms with Crippen LogP contribution in [0.5, 0.6) is 0 Å². The number of alkyl halides is 2. The third-order valence-corrected chi connectivity index (χ3v) is 2.40. The molecule has 1 heterocycles. The number of aromatic nitrogens is 1. The van der Waals surface area contributed by atoms with Gasteiger partial charge in [0.25, 0.3) is 6.43 Å². The first-order valence-electron chi connectivity index (χ1n) is 3.87. The van der Waals surface area contributed by atoms with E-state index in [4.69, 9.17) is 5.26 Å². The molecule has 0 aliphatic carbocycles. The number of nitrogens with zero attached hydrogens (tertiary/aromatic N) is 2. The predicted molar refractivity (Wildman–Crippen MR) is 50.9 cm³/mol. The number of hydrogen-bond acceptors (Lipinski definition) is 2. The number of pyridine rings is 1. The van der Waals surface area contributed by atoms with E-state index in [0.717, 1.165) is 0 Å². The van der Waals surface area contributed by atoms with Gasteiger partial charge in [0.1, 0.15) is 5.69 Å². The largest absolute Gasteiger partial charge is 0.280 e. The van der Waals surface area contributed by atoms with Crippen molar-refractivity contribution in [1.82, 2.24) is 4.98 Å². The van der Waals surface area contributed by atoms with Crippen molar-refractivity contribution in [2.45, 2.75) is 19.8 Å². The minimum absolute atomic E-state index is 0.0620. The molecule has 5 heteroatoms. The van der Waals surface area contributed by atoms with Crippen LogP contribution in [0.4, 0.5) is 8.78 Å². The average molecular weight is 261 g/mol. The maximum absolute atomic E-state index is 12.5. The Morgan fingerprint density at radius 1 is 1.64 bits per heavy atom. The third kappa shape index (κ3) is 2.26. The molecule has 0 spiro atoms. The van der Waals surface area contributed by atoms with Gasteiger partial charge in [-0.2, -0.15) is 5.26 Å². The first kappa shape index (κ1) is 11.1. The molecular formula is C9H7BrF2N2. The standard InChI is InChI=1S/C9H7BrF2N2/c1-5-4-7(10)6(2-3-13)8(14-5)9(11)12/h4,9H,2H2,1H3. The molecule has 74 valence electrons. The van der Waals surface area contributed by atoms with Gasteiger partial charge in [0.15, 0.2) is 0 Å². The molecular weight excluding hydrogens is 254 g/mol. The fourth-order valence-electron chi connectivity index (χ4n) is 1.12. The molecule has 0 saturated carbocycles. The van der Waals surface area contributed by atoms with Gasteiger partial charge >= 0.3 is 0 Å². The van der Waals surface area contributed by atoms with Crippen LogP contribution in [0.3, 0.4) is 0 Å². The van der Waals surface area contributed by atoms with E-state index in [9.17, 15) is 8.78 Å². The van der Waals surface area contributed by atoms with E-state index >= 15 is 0 Å². The summed E-state index contributed by atoms with van der Waals surface area (Å²) in [7, 11) is 0. The van der Waals surface area contributed by atoms with Crippen molar-refractivity contribution in [3.63, 3.8) is 0 Å². The van der Waals surface area contributed by atoms with Gasteiger partial charge in [-0.25, -0.2) is 8.78 Å². The van der Waals surface area contributed by atoms with Crippen LogP contribution in [0, 0.1) is 18.3 Å². The number of halogens is 3. The molecule has 0 aliphatic rings. The van der Waals surface area contributed by atoms with Gasteiger partial charge in [0, 0.05) is 15.7 Å². The van der Waals surface area contributed by atoms with Crippen LogP contribution >= 0.6 is 15.9 Å². The maximum Gasteiger partial charge on any atom is 0.280 e. The lowest BCUT2D eigenvalue weighted by Crippen LogP contribution is -2.01. The van der Waals surface area contributed by atoms with Gasteiger partial charge < -0.3 is 0 Å². The highest BCUT2D eigenvalue weighted by Gasteiger charge is 2.17. The number of nitriles is 1. The molecule has 1 aromatic heterocycles. The normalized spacial score (nSPS) is 10.3. The minimum atomic E-state index is -2.64. The van der Waals surface area contributed by atoms with Crippen LogP contribution in [-0.2, 0) is 6.42 Å². The first-order valence-corrected chi connectivity index (χ1v) is 4.66. The molecule has 0 fully saturated rings. The Balaban J connectivity index is 3.30. The Kier molecular flexibility index (Phi) is 3.53. The average Bonchev–Trinajstić information content (AvgIpc) is 2.09. The van der Waals surface area contributed by atoms with Gasteiger partial charge in [-0.05, 0) is 13.0 Å². The Morgan fingerprint density at radius 3 is 2.79 bits per heavy atom. The monoisotopic (exact) mass is 260 g/mol. The van der Waals surface area contributed by atoms with Crippen LogP contribution in [0.15, 0.2) is 10.5 Å². The molecule has 0 unspecified atom stereocenters. The van der Waals surface area contributed by atoms with Crippen molar-refractivity contribution in [2.24, 2.45) is 0 Å². The Hall–Kier alpha value is -1.02. The summed E-state index contributed by atoms with van der Waals surface area (Å²) < 4.78 is 25.6. The van der Waals surface area contributed by atoms with Gasteiger partial charge in [-0.15, -0.1) is 0 Å². The molecule has 0 aromatic carbocycles. The zero-order valence-electron chi connectivity index (χ0n) is 7.39. The van der Waals surface area contributed by atoms with E-state index in [1.165, 1.54) is 0 Å². The quantitative estimate of drug-likeness (QED) is 0.819. The summed E-state index contributed by atoms with van der Waals surface area (Å²) in [4.78, 5) is 3.72. The smallest absolute Gasteiger partial charge is 0.252 e. The highest BCUT2D eigenvalue weighted by atomic mass is 79.9. The first-order chi connectivity index (χ1) is 6.56. The molecule has 0 atom stereocenters. The molecule has 0 saturated heterocycles. The zero-order chi connectivity index (χ0) is 10.7. The second kappa shape index (κ2) is 4.47. The van der Waals surface area contributed by atoms with Crippen molar-refractivity contribution < 1.29 is 8.78 Å². The number of aryl methyl sites for hydroxylation is 1. The second-order valence-electron chi connectivity index (χ2n) is 2.74. The van der Waals surface area contributed by atoms with Crippen molar-refractivity contribution in [3.8, 4) is 6.07 Å². The minimum Gasteiger partial charge on any atom is -0.252 e. The van der Waals surface area contributed by atoms with Crippen LogP contribution in [-0.4, -0.2) is 4.98 Å². The predicted octanol–water partition coefficient (Wildman–Crippen LogP) is 3.16. The molecule has 0 bridgehead atoms. The van der Waals surface area contributed by atoms with E-state index in [-0.39, 0.29) is 17.7 Å². The van der Waals surface area contributed by atoms with Crippen LogP contribution in [0.1, 0.15) is 23.4 Å². The van der Waals surface area contributed by atoms with Crippen molar-refractivity contribution in [1.29, 1.82) is 5.26 Å². The molecule has 0 aliphatic heterocycles. The second-order valence-corrected chi connectivity index (χ2v) is 3.60. The van der Waals surface area contributed by atoms with Crippen molar-refractivity contribution in [3.05, 3.63) is 27.5 Å². The lowest BCUT2D eigenvalue weighted by Gasteiger charge is -2.08. The van der Waals surface area contributed by atoms with Crippen LogP contribution in [0.25, 0.3) is 0 Å². The molecule has 1 rings (SSSR count). The summed E-state index contributed by atoms with van der Waals surface area (Å²) >= 11 is 3.14.